The SMILES string of the molecule is CC1=CC(c2ccc([C@@H](O)[C@@H]3C[C@@H](O)[C@H](O)C(CO)O3)c(C)c2)CC(F)=C1. The summed E-state index contributed by atoms with van der Waals surface area (Å²) in [6.07, 6.45) is -0.948. The summed E-state index contributed by atoms with van der Waals surface area (Å²) in [5.41, 5.74) is 3.35. The van der Waals surface area contributed by atoms with Crippen molar-refractivity contribution < 1.29 is 29.6 Å². The van der Waals surface area contributed by atoms with E-state index in [2.05, 4.69) is 0 Å². The fourth-order valence-electron chi connectivity index (χ4n) is 3.96. The summed E-state index contributed by atoms with van der Waals surface area (Å²) in [4.78, 5) is 0. The molecule has 3 rings (SSSR count). The van der Waals surface area contributed by atoms with Crippen LogP contribution in [-0.2, 0) is 4.74 Å². The van der Waals surface area contributed by atoms with Gasteiger partial charge >= 0.3 is 0 Å². The fourth-order valence-corrected chi connectivity index (χ4v) is 3.96. The molecule has 2 aliphatic rings. The first kappa shape index (κ1) is 20.2. The van der Waals surface area contributed by atoms with Crippen LogP contribution in [0.15, 0.2) is 41.8 Å². The Hall–Kier alpha value is -1.57. The molecule has 1 heterocycles. The lowest BCUT2D eigenvalue weighted by atomic mass is 9.86. The van der Waals surface area contributed by atoms with Crippen molar-refractivity contribution in [1.82, 2.24) is 0 Å². The molecule has 2 unspecified atom stereocenters. The number of ether oxygens (including phenoxy) is 1. The molecule has 1 saturated heterocycles. The molecule has 1 aliphatic carbocycles. The molecular weight excluding hydrogens is 351 g/mol. The van der Waals surface area contributed by atoms with Crippen molar-refractivity contribution in [1.29, 1.82) is 0 Å². The van der Waals surface area contributed by atoms with Crippen LogP contribution in [0.4, 0.5) is 4.39 Å². The summed E-state index contributed by atoms with van der Waals surface area (Å²) in [6.45, 7) is 3.30. The van der Waals surface area contributed by atoms with E-state index in [0.29, 0.717) is 12.0 Å². The lowest BCUT2D eigenvalue weighted by Crippen LogP contribution is -2.51. The molecule has 0 saturated carbocycles. The fraction of sp³-hybridized carbons (Fsp3) is 0.524. The molecule has 1 aromatic rings. The molecule has 6 atom stereocenters. The van der Waals surface area contributed by atoms with E-state index in [1.165, 1.54) is 0 Å². The summed E-state index contributed by atoms with van der Waals surface area (Å²) >= 11 is 0. The van der Waals surface area contributed by atoms with Crippen LogP contribution in [0.1, 0.15) is 48.5 Å². The van der Waals surface area contributed by atoms with Crippen molar-refractivity contribution in [3.05, 3.63) is 58.4 Å². The van der Waals surface area contributed by atoms with E-state index >= 15 is 0 Å². The monoisotopic (exact) mass is 378 g/mol. The molecule has 1 aliphatic heterocycles. The van der Waals surface area contributed by atoms with Gasteiger partial charge in [0.15, 0.2) is 0 Å². The van der Waals surface area contributed by atoms with Crippen LogP contribution in [0.3, 0.4) is 0 Å². The van der Waals surface area contributed by atoms with Gasteiger partial charge in [0.1, 0.15) is 24.1 Å². The van der Waals surface area contributed by atoms with E-state index in [-0.39, 0.29) is 18.2 Å². The summed E-state index contributed by atoms with van der Waals surface area (Å²) in [6, 6.07) is 5.60. The minimum atomic E-state index is -1.17. The van der Waals surface area contributed by atoms with Gasteiger partial charge in [-0.1, -0.05) is 29.8 Å². The Balaban J connectivity index is 1.78. The van der Waals surface area contributed by atoms with E-state index in [1.54, 1.807) is 12.1 Å². The van der Waals surface area contributed by atoms with Gasteiger partial charge in [0, 0.05) is 18.8 Å². The summed E-state index contributed by atoms with van der Waals surface area (Å²) < 4.78 is 19.3. The van der Waals surface area contributed by atoms with Crippen molar-refractivity contribution in [3.8, 4) is 0 Å². The Kier molecular flexibility index (Phi) is 6.13. The molecule has 148 valence electrons. The molecule has 4 N–H and O–H groups in total. The quantitative estimate of drug-likeness (QED) is 0.645. The number of aliphatic hydroxyl groups excluding tert-OH is 4. The lowest BCUT2D eigenvalue weighted by Gasteiger charge is -2.38. The molecule has 1 fully saturated rings. The number of aryl methyl sites for hydroxylation is 1. The Bertz CT molecular complexity index is 744. The van der Waals surface area contributed by atoms with Gasteiger partial charge in [-0.15, -0.1) is 0 Å². The lowest BCUT2D eigenvalue weighted by molar-refractivity contribution is -0.202. The van der Waals surface area contributed by atoms with E-state index < -0.39 is 37.1 Å². The zero-order valence-corrected chi connectivity index (χ0v) is 15.5. The topological polar surface area (TPSA) is 90.2 Å². The van der Waals surface area contributed by atoms with Crippen LogP contribution < -0.4 is 0 Å². The number of aliphatic hydroxyl groups is 4. The van der Waals surface area contributed by atoms with Gasteiger partial charge in [-0.25, -0.2) is 4.39 Å². The highest BCUT2D eigenvalue weighted by Crippen LogP contribution is 2.35. The molecule has 6 heteroatoms. The Morgan fingerprint density at radius 3 is 2.63 bits per heavy atom. The minimum Gasteiger partial charge on any atom is -0.394 e. The normalized spacial score (nSPS) is 32.6. The van der Waals surface area contributed by atoms with Crippen molar-refractivity contribution >= 4 is 0 Å². The van der Waals surface area contributed by atoms with Gasteiger partial charge < -0.3 is 25.2 Å². The van der Waals surface area contributed by atoms with Crippen molar-refractivity contribution in [3.63, 3.8) is 0 Å². The van der Waals surface area contributed by atoms with Gasteiger partial charge in [0.2, 0.25) is 0 Å². The zero-order valence-electron chi connectivity index (χ0n) is 15.5. The number of hydrogen-bond acceptors (Lipinski definition) is 5. The van der Waals surface area contributed by atoms with E-state index in [9.17, 15) is 24.8 Å². The van der Waals surface area contributed by atoms with E-state index in [1.807, 2.05) is 32.1 Å². The predicted molar refractivity (Wildman–Crippen MR) is 98.8 cm³/mol. The third-order valence-electron chi connectivity index (χ3n) is 5.43. The highest BCUT2D eigenvalue weighted by Gasteiger charge is 2.39. The van der Waals surface area contributed by atoms with Crippen molar-refractivity contribution in [2.24, 2.45) is 0 Å². The first-order chi connectivity index (χ1) is 12.8. The summed E-state index contributed by atoms with van der Waals surface area (Å²) in [5, 5.41) is 39.9. The molecule has 1 aromatic carbocycles. The Morgan fingerprint density at radius 2 is 2.00 bits per heavy atom. The number of hydrogen-bond donors (Lipinski definition) is 4. The van der Waals surface area contributed by atoms with Gasteiger partial charge in [-0.05, 0) is 36.6 Å². The standard InChI is InChI=1S/C21H27FO5/c1-11-5-14(8-15(22)6-11)13-3-4-16(12(2)7-13)20(25)18-9-17(24)21(26)19(10-23)27-18/h3-7,14,17-21,23-26H,8-10H2,1-2H3/t14?,17-,18+,19?,20-,21+/m1/s1. The summed E-state index contributed by atoms with van der Waals surface area (Å²) in [5.74, 6) is -0.179. The molecule has 0 amide bonds. The van der Waals surface area contributed by atoms with Crippen molar-refractivity contribution in [2.45, 2.75) is 63.1 Å². The molecule has 0 radical (unpaired) electrons. The smallest absolute Gasteiger partial charge is 0.109 e. The van der Waals surface area contributed by atoms with Crippen LogP contribution in [0.25, 0.3) is 0 Å². The number of halogens is 1. The van der Waals surface area contributed by atoms with Gasteiger partial charge in [0.05, 0.1) is 18.8 Å². The second-order valence-electron chi connectivity index (χ2n) is 7.56. The Morgan fingerprint density at radius 1 is 1.26 bits per heavy atom. The number of allylic oxidation sites excluding steroid dienone is 4. The zero-order chi connectivity index (χ0) is 19.7. The largest absolute Gasteiger partial charge is 0.394 e. The van der Waals surface area contributed by atoms with Crippen LogP contribution in [0.2, 0.25) is 0 Å². The van der Waals surface area contributed by atoms with Gasteiger partial charge in [-0.2, -0.15) is 0 Å². The third-order valence-corrected chi connectivity index (χ3v) is 5.43. The van der Waals surface area contributed by atoms with Gasteiger partial charge in [0.25, 0.3) is 0 Å². The van der Waals surface area contributed by atoms with Crippen LogP contribution >= 0.6 is 0 Å². The van der Waals surface area contributed by atoms with E-state index in [4.69, 9.17) is 4.74 Å². The highest BCUT2D eigenvalue weighted by atomic mass is 19.1. The maximum Gasteiger partial charge on any atom is 0.109 e. The maximum absolute atomic E-state index is 13.8. The first-order valence-corrected chi connectivity index (χ1v) is 9.25. The van der Waals surface area contributed by atoms with Gasteiger partial charge in [-0.3, -0.25) is 0 Å². The Labute approximate surface area is 158 Å². The average molecular weight is 378 g/mol. The molecule has 27 heavy (non-hydrogen) atoms. The van der Waals surface area contributed by atoms with Crippen molar-refractivity contribution in [2.75, 3.05) is 6.61 Å². The molecule has 5 nitrogen and oxygen atoms in total. The molecular formula is C21H27FO5. The highest BCUT2D eigenvalue weighted by molar-refractivity contribution is 5.39. The van der Waals surface area contributed by atoms with E-state index in [0.717, 1.165) is 16.7 Å². The second kappa shape index (κ2) is 8.20. The second-order valence-corrected chi connectivity index (χ2v) is 7.56. The van der Waals surface area contributed by atoms with Crippen LogP contribution in [-0.4, -0.2) is 51.4 Å². The first-order valence-electron chi connectivity index (χ1n) is 9.25. The number of rotatable bonds is 4. The predicted octanol–water partition coefficient (Wildman–Crippen LogP) is 2.19. The molecule has 0 spiro atoms. The summed E-state index contributed by atoms with van der Waals surface area (Å²) in [7, 11) is 0. The number of benzene rings is 1. The van der Waals surface area contributed by atoms with Crippen LogP contribution in [0.5, 0.6) is 0 Å². The molecule has 0 bridgehead atoms. The minimum absolute atomic E-state index is 0.0402. The third kappa shape index (κ3) is 4.31. The van der Waals surface area contributed by atoms with Crippen LogP contribution in [0, 0.1) is 6.92 Å². The average Bonchev–Trinajstić information content (AvgIpc) is 2.62. The molecule has 0 aromatic heterocycles. The maximum atomic E-state index is 13.8.